The van der Waals surface area contributed by atoms with Crippen LogP contribution in [0.4, 0.5) is 5.69 Å². The van der Waals surface area contributed by atoms with Crippen molar-refractivity contribution in [2.24, 2.45) is 12.5 Å². The third-order valence-corrected chi connectivity index (χ3v) is 6.28. The Bertz CT molecular complexity index is 1580. The van der Waals surface area contributed by atoms with Crippen molar-refractivity contribution in [1.82, 2.24) is 4.98 Å². The van der Waals surface area contributed by atoms with E-state index in [9.17, 15) is 0 Å². The molecule has 0 aliphatic carbocycles. The van der Waals surface area contributed by atoms with E-state index in [2.05, 4.69) is 54.2 Å². The summed E-state index contributed by atoms with van der Waals surface area (Å²) in [6, 6.07) is 16.4. The van der Waals surface area contributed by atoms with Gasteiger partial charge in [-0.05, 0) is 35.4 Å². The Morgan fingerprint density at radius 1 is 1.03 bits per heavy atom. The minimum atomic E-state index is 0.113. The zero-order chi connectivity index (χ0) is 24.0. The Balaban J connectivity index is 1.97. The third-order valence-electron chi connectivity index (χ3n) is 6.28. The number of aromatic nitrogens is 2. The van der Waals surface area contributed by atoms with Crippen molar-refractivity contribution in [2.75, 3.05) is 0 Å². The lowest BCUT2D eigenvalue weighted by atomic mass is 9.84. The fourth-order valence-corrected chi connectivity index (χ4v) is 4.90. The molecule has 0 unspecified atom stereocenters. The third kappa shape index (κ3) is 3.64. The van der Waals surface area contributed by atoms with Gasteiger partial charge in [0, 0.05) is 16.3 Å². The van der Waals surface area contributed by atoms with Crippen LogP contribution in [0.15, 0.2) is 71.5 Å². The number of benzene rings is 3. The van der Waals surface area contributed by atoms with Crippen LogP contribution < -0.4 is 4.57 Å². The SMILES string of the molecule is [C-]#[N+]c1ccc2c(oc3c(-c4cncc[n+]4C)c(C)cc(CC(C)(C)C)c32)c1-c1ccccc1. The standard InChI is InChI=1S/C30H28N3O/c1-19-16-21(17-30(2,3)4)26-22-12-13-23(31-5)27(20-10-8-7-9-11-20)28(22)34-29(26)25(19)24-18-32-14-15-33(24)6/h7-16,18H,17H2,1-4,6H3/q+1. The first kappa shape index (κ1) is 21.9. The van der Waals surface area contributed by atoms with Gasteiger partial charge in [-0.3, -0.25) is 4.98 Å². The molecule has 4 nitrogen and oxygen atoms in total. The predicted octanol–water partition coefficient (Wildman–Crippen LogP) is 7.59. The maximum atomic E-state index is 7.81. The number of nitrogens with zero attached hydrogens (tertiary/aromatic N) is 3. The molecule has 0 N–H and O–H groups in total. The van der Waals surface area contributed by atoms with Gasteiger partial charge in [-0.2, -0.15) is 4.57 Å². The summed E-state index contributed by atoms with van der Waals surface area (Å²) in [4.78, 5) is 8.23. The van der Waals surface area contributed by atoms with Crippen molar-refractivity contribution in [2.45, 2.75) is 34.1 Å². The lowest BCUT2D eigenvalue weighted by Crippen LogP contribution is -2.30. The van der Waals surface area contributed by atoms with E-state index >= 15 is 0 Å². The summed E-state index contributed by atoms with van der Waals surface area (Å²) in [5.41, 5.74) is 8.64. The number of rotatable bonds is 3. The van der Waals surface area contributed by atoms with Gasteiger partial charge in [0.1, 0.15) is 18.2 Å². The van der Waals surface area contributed by atoms with Crippen molar-refractivity contribution >= 4 is 27.6 Å². The molecule has 0 amide bonds. The molecule has 0 atom stereocenters. The van der Waals surface area contributed by atoms with Crippen LogP contribution in [0, 0.1) is 18.9 Å². The van der Waals surface area contributed by atoms with Gasteiger partial charge in [0.25, 0.3) is 0 Å². The molecular formula is C30H28N3O+. The summed E-state index contributed by atoms with van der Waals surface area (Å²) in [5.74, 6) is 0. The van der Waals surface area contributed by atoms with Crippen molar-refractivity contribution in [1.29, 1.82) is 0 Å². The summed E-state index contributed by atoms with van der Waals surface area (Å²) in [6.45, 7) is 16.7. The van der Waals surface area contributed by atoms with E-state index in [1.54, 1.807) is 6.20 Å². The minimum Gasteiger partial charge on any atom is -0.456 e. The number of furan rings is 1. The molecule has 0 bridgehead atoms. The smallest absolute Gasteiger partial charge is 0.234 e. The Labute approximate surface area is 200 Å². The average Bonchev–Trinajstić information content (AvgIpc) is 3.18. The quantitative estimate of drug-likeness (QED) is 0.211. The summed E-state index contributed by atoms with van der Waals surface area (Å²) < 4.78 is 8.85. The second kappa shape index (κ2) is 8.11. The molecule has 2 heterocycles. The molecule has 0 spiro atoms. The zero-order valence-corrected chi connectivity index (χ0v) is 20.3. The Hall–Kier alpha value is -3.97. The topological polar surface area (TPSA) is 34.3 Å². The van der Waals surface area contributed by atoms with Gasteiger partial charge in [0.15, 0.2) is 11.9 Å². The second-order valence-corrected chi connectivity index (χ2v) is 10.2. The summed E-state index contributed by atoms with van der Waals surface area (Å²) in [7, 11) is 2.03. The zero-order valence-electron chi connectivity index (χ0n) is 20.3. The highest BCUT2D eigenvalue weighted by molar-refractivity contribution is 6.16. The summed E-state index contributed by atoms with van der Waals surface area (Å²) in [6.07, 6.45) is 6.56. The average molecular weight is 447 g/mol. The Kier molecular flexibility index (Phi) is 5.21. The lowest BCUT2D eigenvalue weighted by molar-refractivity contribution is -0.660. The second-order valence-electron chi connectivity index (χ2n) is 10.2. The van der Waals surface area contributed by atoms with Crippen LogP contribution in [0.25, 0.3) is 49.2 Å². The largest absolute Gasteiger partial charge is 0.456 e. The minimum absolute atomic E-state index is 0.113. The van der Waals surface area contributed by atoms with E-state index in [-0.39, 0.29) is 5.41 Å². The highest BCUT2D eigenvalue weighted by Crippen LogP contribution is 2.46. The molecule has 3 aromatic carbocycles. The van der Waals surface area contributed by atoms with E-state index in [1.807, 2.05) is 55.8 Å². The molecule has 0 aliphatic rings. The van der Waals surface area contributed by atoms with Gasteiger partial charge in [0.05, 0.1) is 24.5 Å². The molecular weight excluding hydrogens is 418 g/mol. The fraction of sp³-hybridized carbons (Fsp3) is 0.233. The van der Waals surface area contributed by atoms with Crippen molar-refractivity contribution in [3.8, 4) is 22.4 Å². The Morgan fingerprint density at radius 3 is 2.47 bits per heavy atom. The fourth-order valence-electron chi connectivity index (χ4n) is 4.90. The first-order valence-corrected chi connectivity index (χ1v) is 11.5. The molecule has 4 heteroatoms. The predicted molar refractivity (Wildman–Crippen MR) is 138 cm³/mol. The van der Waals surface area contributed by atoms with Gasteiger partial charge in [-0.1, -0.05) is 69.3 Å². The van der Waals surface area contributed by atoms with Crippen molar-refractivity contribution in [3.63, 3.8) is 0 Å². The Morgan fingerprint density at radius 2 is 1.79 bits per heavy atom. The highest BCUT2D eigenvalue weighted by Gasteiger charge is 2.26. The molecule has 0 saturated heterocycles. The van der Waals surface area contributed by atoms with Crippen LogP contribution >= 0.6 is 0 Å². The van der Waals surface area contributed by atoms with Crippen LogP contribution in [-0.4, -0.2) is 4.98 Å². The molecule has 0 fully saturated rings. The van der Waals surface area contributed by atoms with E-state index in [4.69, 9.17) is 11.0 Å². The van der Waals surface area contributed by atoms with Crippen LogP contribution in [-0.2, 0) is 13.5 Å². The van der Waals surface area contributed by atoms with Crippen LogP contribution in [0.1, 0.15) is 31.9 Å². The normalized spacial score (nSPS) is 11.8. The molecule has 0 aliphatic heterocycles. The van der Waals surface area contributed by atoms with Gasteiger partial charge >= 0.3 is 0 Å². The number of hydrogen-bond donors (Lipinski definition) is 0. The molecule has 5 rings (SSSR count). The molecule has 0 saturated carbocycles. The van der Waals surface area contributed by atoms with Gasteiger partial charge in [0.2, 0.25) is 5.69 Å². The van der Waals surface area contributed by atoms with Gasteiger partial charge in [-0.25, -0.2) is 4.85 Å². The maximum absolute atomic E-state index is 7.81. The van der Waals surface area contributed by atoms with E-state index < -0.39 is 0 Å². The lowest BCUT2D eigenvalue weighted by Gasteiger charge is -2.20. The number of hydrogen-bond acceptors (Lipinski definition) is 2. The number of aryl methyl sites for hydroxylation is 2. The number of fused-ring (bicyclic) bond motifs is 3. The maximum Gasteiger partial charge on any atom is 0.234 e. The van der Waals surface area contributed by atoms with E-state index in [0.29, 0.717) is 5.69 Å². The monoisotopic (exact) mass is 446 g/mol. The van der Waals surface area contributed by atoms with Crippen molar-refractivity contribution < 1.29 is 8.98 Å². The molecule has 168 valence electrons. The molecule has 2 aromatic heterocycles. The highest BCUT2D eigenvalue weighted by atomic mass is 16.3. The van der Waals surface area contributed by atoms with Crippen molar-refractivity contribution in [3.05, 3.63) is 89.7 Å². The van der Waals surface area contributed by atoms with E-state index in [1.165, 1.54) is 5.56 Å². The van der Waals surface area contributed by atoms with Crippen LogP contribution in [0.5, 0.6) is 0 Å². The summed E-state index contributed by atoms with van der Waals surface area (Å²) in [5, 5.41) is 2.18. The van der Waals surface area contributed by atoms with Crippen LogP contribution in [0.3, 0.4) is 0 Å². The summed E-state index contributed by atoms with van der Waals surface area (Å²) >= 11 is 0. The first-order valence-electron chi connectivity index (χ1n) is 11.5. The van der Waals surface area contributed by atoms with Gasteiger partial charge in [-0.15, -0.1) is 0 Å². The molecule has 5 aromatic rings. The van der Waals surface area contributed by atoms with E-state index in [0.717, 1.165) is 56.3 Å². The first-order chi connectivity index (χ1) is 16.3. The molecule has 34 heavy (non-hydrogen) atoms. The van der Waals surface area contributed by atoms with Crippen LogP contribution in [0.2, 0.25) is 0 Å². The molecule has 0 radical (unpaired) electrons. The van der Waals surface area contributed by atoms with Gasteiger partial charge < -0.3 is 4.42 Å².